The summed E-state index contributed by atoms with van der Waals surface area (Å²) >= 11 is 0. The zero-order chi connectivity index (χ0) is 14.6. The molecule has 0 aliphatic carbocycles. The van der Waals surface area contributed by atoms with Crippen LogP contribution in [0, 0.1) is 0 Å². The summed E-state index contributed by atoms with van der Waals surface area (Å²) in [5.74, 6) is 0.0758. The number of rotatable bonds is 5. The molecule has 0 atom stereocenters. The average Bonchev–Trinajstić information content (AvgIpc) is 2.43. The quantitative estimate of drug-likeness (QED) is 0.751. The van der Waals surface area contributed by atoms with Gasteiger partial charge in [-0.1, -0.05) is 0 Å². The molecule has 104 valence electrons. The molecule has 6 nitrogen and oxygen atoms in total. The Kier molecular flexibility index (Phi) is 4.74. The molecule has 1 aromatic rings. The maximum absolute atomic E-state index is 11.8. The number of hydrogen-bond donors (Lipinski definition) is 0. The lowest BCUT2D eigenvalue weighted by Crippen LogP contribution is -2.32. The fourth-order valence-corrected chi connectivity index (χ4v) is 1.66. The molecule has 1 aromatic carbocycles. The molecule has 19 heavy (non-hydrogen) atoms. The summed E-state index contributed by atoms with van der Waals surface area (Å²) in [6.45, 7) is 1.21. The minimum Gasteiger partial charge on any atom is -0.496 e. The minimum atomic E-state index is -0.651. The van der Waals surface area contributed by atoms with E-state index >= 15 is 0 Å². The number of amides is 1. The van der Waals surface area contributed by atoms with E-state index < -0.39 is 11.7 Å². The van der Waals surface area contributed by atoms with Gasteiger partial charge in [0.15, 0.2) is 0 Å². The third kappa shape index (κ3) is 2.96. The van der Waals surface area contributed by atoms with E-state index in [0.29, 0.717) is 22.9 Å². The van der Waals surface area contributed by atoms with Crippen LogP contribution in [0.2, 0.25) is 0 Å². The molecule has 0 aliphatic heterocycles. The van der Waals surface area contributed by atoms with Gasteiger partial charge >= 0.3 is 0 Å². The number of Topliss-reactive ketones (excluding diaryl/α,β-unsaturated/α-hetero) is 1. The normalized spacial score (nSPS) is 9.74. The Morgan fingerprint density at radius 3 is 1.79 bits per heavy atom. The first kappa shape index (κ1) is 14.8. The molecular weight excluding hydrogens is 250 g/mol. The average molecular weight is 267 g/mol. The van der Waals surface area contributed by atoms with Gasteiger partial charge < -0.3 is 19.1 Å². The molecule has 6 heteroatoms. The monoisotopic (exact) mass is 267 g/mol. The molecule has 1 rings (SSSR count). The number of methoxy groups -OCH3 is 3. The number of carbonyl (C=O) groups is 2. The van der Waals surface area contributed by atoms with Gasteiger partial charge in [0.25, 0.3) is 5.91 Å². The van der Waals surface area contributed by atoms with Gasteiger partial charge in [0.1, 0.15) is 22.9 Å². The molecule has 0 saturated heterocycles. The van der Waals surface area contributed by atoms with E-state index in [1.807, 2.05) is 0 Å². The van der Waals surface area contributed by atoms with Crippen LogP contribution in [-0.2, 0) is 9.59 Å². The predicted molar refractivity (Wildman–Crippen MR) is 70.2 cm³/mol. The van der Waals surface area contributed by atoms with Gasteiger partial charge in [-0.05, 0) is 0 Å². The summed E-state index contributed by atoms with van der Waals surface area (Å²) in [6, 6.07) is 3.23. The summed E-state index contributed by atoms with van der Waals surface area (Å²) < 4.78 is 15.5. The highest BCUT2D eigenvalue weighted by atomic mass is 16.5. The van der Waals surface area contributed by atoms with E-state index in [0.717, 1.165) is 0 Å². The number of hydrogen-bond acceptors (Lipinski definition) is 5. The van der Waals surface area contributed by atoms with Gasteiger partial charge in [-0.25, -0.2) is 0 Å². The lowest BCUT2D eigenvalue weighted by atomic mass is 10.2. The van der Waals surface area contributed by atoms with E-state index in [2.05, 4.69) is 0 Å². The molecule has 0 N–H and O–H groups in total. The van der Waals surface area contributed by atoms with Crippen LogP contribution in [-0.4, -0.2) is 40.1 Å². The third-order valence-corrected chi connectivity index (χ3v) is 2.63. The van der Waals surface area contributed by atoms with Crippen molar-refractivity contribution in [1.82, 2.24) is 0 Å². The molecule has 0 bridgehead atoms. The number of carbonyl (C=O) groups excluding carboxylic acids is 2. The van der Waals surface area contributed by atoms with Crippen LogP contribution in [0.3, 0.4) is 0 Å². The summed E-state index contributed by atoms with van der Waals surface area (Å²) in [5.41, 5.74) is 0.381. The second-order valence-electron chi connectivity index (χ2n) is 3.80. The summed E-state index contributed by atoms with van der Waals surface area (Å²) in [6.07, 6.45) is 0. The predicted octanol–water partition coefficient (Wildman–Crippen LogP) is 1.26. The number of ether oxygens (including phenoxy) is 3. The molecule has 0 spiro atoms. The van der Waals surface area contributed by atoms with Crippen molar-refractivity contribution in [2.24, 2.45) is 0 Å². The first-order chi connectivity index (χ1) is 8.96. The Morgan fingerprint density at radius 1 is 1.00 bits per heavy atom. The number of nitrogens with zero attached hydrogens (tertiary/aromatic N) is 1. The summed E-state index contributed by atoms with van der Waals surface area (Å²) in [5, 5.41) is 0. The first-order valence-corrected chi connectivity index (χ1v) is 5.54. The van der Waals surface area contributed by atoms with E-state index in [9.17, 15) is 9.59 Å². The van der Waals surface area contributed by atoms with Gasteiger partial charge in [0, 0.05) is 26.1 Å². The Balaban J connectivity index is 3.39. The third-order valence-electron chi connectivity index (χ3n) is 2.63. The van der Waals surface area contributed by atoms with Gasteiger partial charge in [-0.2, -0.15) is 0 Å². The van der Waals surface area contributed by atoms with Crippen LogP contribution < -0.4 is 19.1 Å². The van der Waals surface area contributed by atoms with Crippen molar-refractivity contribution in [1.29, 1.82) is 0 Å². The molecular formula is C13H17NO5. The van der Waals surface area contributed by atoms with Crippen molar-refractivity contribution in [3.8, 4) is 17.2 Å². The second kappa shape index (κ2) is 6.08. The SMILES string of the molecule is COc1cc(OC)c(N(C)C(=O)C(C)=O)c(OC)c1. The topological polar surface area (TPSA) is 65.1 Å². The fraction of sp³-hybridized carbons (Fsp3) is 0.385. The maximum atomic E-state index is 11.8. The maximum Gasteiger partial charge on any atom is 0.293 e. The second-order valence-corrected chi connectivity index (χ2v) is 3.80. The lowest BCUT2D eigenvalue weighted by molar-refractivity contribution is -0.134. The molecule has 0 fully saturated rings. The van der Waals surface area contributed by atoms with Crippen molar-refractivity contribution >= 4 is 17.4 Å². The highest BCUT2D eigenvalue weighted by molar-refractivity contribution is 6.40. The first-order valence-electron chi connectivity index (χ1n) is 5.54. The van der Waals surface area contributed by atoms with Crippen LogP contribution in [0.1, 0.15) is 6.92 Å². The Morgan fingerprint density at radius 2 is 1.47 bits per heavy atom. The number of likely N-dealkylation sites (N-methyl/N-ethyl adjacent to an activating group) is 1. The van der Waals surface area contributed by atoms with Crippen molar-refractivity contribution in [3.05, 3.63) is 12.1 Å². The van der Waals surface area contributed by atoms with Gasteiger partial charge in [0.2, 0.25) is 5.78 Å². The van der Waals surface area contributed by atoms with Crippen molar-refractivity contribution < 1.29 is 23.8 Å². The van der Waals surface area contributed by atoms with Crippen LogP contribution in [0.5, 0.6) is 17.2 Å². The summed E-state index contributed by atoms with van der Waals surface area (Å²) in [7, 11) is 5.92. The molecule has 0 aromatic heterocycles. The largest absolute Gasteiger partial charge is 0.496 e. The van der Waals surface area contributed by atoms with E-state index in [4.69, 9.17) is 14.2 Å². The van der Waals surface area contributed by atoms with Gasteiger partial charge in [-0.3, -0.25) is 9.59 Å². The van der Waals surface area contributed by atoms with Crippen LogP contribution >= 0.6 is 0 Å². The number of benzene rings is 1. The van der Waals surface area contributed by atoms with Crippen LogP contribution in [0.15, 0.2) is 12.1 Å². The molecule has 0 saturated carbocycles. The van der Waals surface area contributed by atoms with Crippen molar-refractivity contribution in [2.45, 2.75) is 6.92 Å². The highest BCUT2D eigenvalue weighted by Crippen LogP contribution is 2.41. The summed E-state index contributed by atoms with van der Waals surface area (Å²) in [4.78, 5) is 24.1. The zero-order valence-corrected chi connectivity index (χ0v) is 11.6. The lowest BCUT2D eigenvalue weighted by Gasteiger charge is -2.22. The Hall–Kier alpha value is -2.24. The minimum absolute atomic E-state index is 0.381. The molecule has 1 amide bonds. The Bertz CT molecular complexity index is 473. The van der Waals surface area contributed by atoms with Crippen molar-refractivity contribution in [3.63, 3.8) is 0 Å². The van der Waals surface area contributed by atoms with E-state index in [1.165, 1.54) is 40.2 Å². The zero-order valence-electron chi connectivity index (χ0n) is 11.6. The van der Waals surface area contributed by atoms with E-state index in [1.54, 1.807) is 12.1 Å². The molecule has 0 unspecified atom stereocenters. The van der Waals surface area contributed by atoms with Crippen LogP contribution in [0.25, 0.3) is 0 Å². The van der Waals surface area contributed by atoms with Gasteiger partial charge in [-0.15, -0.1) is 0 Å². The molecule has 0 aliphatic rings. The molecule has 0 heterocycles. The Labute approximate surface area is 111 Å². The number of anilines is 1. The molecule has 0 radical (unpaired) electrons. The fourth-order valence-electron chi connectivity index (χ4n) is 1.66. The number of ketones is 1. The van der Waals surface area contributed by atoms with E-state index in [-0.39, 0.29) is 0 Å². The smallest absolute Gasteiger partial charge is 0.293 e. The standard InChI is InChI=1S/C13H17NO5/c1-8(15)13(16)14(2)12-10(18-4)6-9(17-3)7-11(12)19-5/h6-7H,1-5H3. The highest BCUT2D eigenvalue weighted by Gasteiger charge is 2.23. The van der Waals surface area contributed by atoms with Gasteiger partial charge in [0.05, 0.1) is 21.3 Å². The van der Waals surface area contributed by atoms with Crippen molar-refractivity contribution in [2.75, 3.05) is 33.3 Å². The van der Waals surface area contributed by atoms with Crippen LogP contribution in [0.4, 0.5) is 5.69 Å².